The number of carbonyl (C=O) groups excluding carboxylic acids is 1. The second kappa shape index (κ2) is 5.33. The average Bonchev–Trinajstić information content (AvgIpc) is 2.74. The van der Waals surface area contributed by atoms with Crippen molar-refractivity contribution in [1.29, 1.82) is 0 Å². The van der Waals surface area contributed by atoms with Crippen LogP contribution in [0.4, 0.5) is 0 Å². The molecule has 6 nitrogen and oxygen atoms in total. The summed E-state index contributed by atoms with van der Waals surface area (Å²) in [6, 6.07) is -0.393. The maximum atomic E-state index is 12.5. The lowest BCUT2D eigenvalue weighted by Crippen LogP contribution is -2.61. The van der Waals surface area contributed by atoms with Gasteiger partial charge in [-0.25, -0.2) is 4.79 Å². The average molecular weight is 284 g/mol. The molecule has 0 radical (unpaired) electrons. The molecule has 1 saturated heterocycles. The Kier molecular flexibility index (Phi) is 4.07. The monoisotopic (exact) mass is 284 g/mol. The lowest BCUT2D eigenvalue weighted by Gasteiger charge is -2.39. The number of carboxylic acids is 1. The summed E-state index contributed by atoms with van der Waals surface area (Å²) >= 11 is 0. The van der Waals surface area contributed by atoms with E-state index in [1.54, 1.807) is 6.92 Å². The van der Waals surface area contributed by atoms with Gasteiger partial charge in [0.05, 0.1) is 18.6 Å². The first-order chi connectivity index (χ1) is 9.30. The van der Waals surface area contributed by atoms with Gasteiger partial charge in [0.1, 0.15) is 5.54 Å². The van der Waals surface area contributed by atoms with Crippen molar-refractivity contribution < 1.29 is 19.4 Å². The molecule has 2 fully saturated rings. The zero-order valence-electron chi connectivity index (χ0n) is 12.1. The van der Waals surface area contributed by atoms with E-state index in [9.17, 15) is 14.7 Å². The number of amides is 1. The Balaban J connectivity index is 2.13. The highest BCUT2D eigenvalue weighted by molar-refractivity contribution is 5.90. The first kappa shape index (κ1) is 15.3. The molecule has 114 valence electrons. The summed E-state index contributed by atoms with van der Waals surface area (Å²) < 4.78 is 5.26. The quantitative estimate of drug-likeness (QED) is 0.700. The summed E-state index contributed by atoms with van der Waals surface area (Å²) in [5, 5.41) is 12.3. The van der Waals surface area contributed by atoms with Crippen LogP contribution >= 0.6 is 0 Å². The summed E-state index contributed by atoms with van der Waals surface area (Å²) in [6.07, 6.45) is 2.57. The van der Waals surface area contributed by atoms with Gasteiger partial charge in [-0.15, -0.1) is 0 Å². The van der Waals surface area contributed by atoms with E-state index in [4.69, 9.17) is 10.5 Å². The minimum Gasteiger partial charge on any atom is -0.480 e. The van der Waals surface area contributed by atoms with Gasteiger partial charge < -0.3 is 20.9 Å². The van der Waals surface area contributed by atoms with E-state index in [-0.39, 0.29) is 12.5 Å². The third kappa shape index (κ3) is 2.54. The molecule has 1 heterocycles. The molecule has 0 bridgehead atoms. The van der Waals surface area contributed by atoms with Gasteiger partial charge in [0, 0.05) is 6.04 Å². The highest BCUT2D eigenvalue weighted by Crippen LogP contribution is 2.34. The highest BCUT2D eigenvalue weighted by Gasteiger charge is 2.49. The Hall–Kier alpha value is -1.14. The first-order valence-corrected chi connectivity index (χ1v) is 7.19. The van der Waals surface area contributed by atoms with Crippen molar-refractivity contribution in [3.05, 3.63) is 0 Å². The standard InChI is InChI=1S/C14H24N2O4/c1-9-3-5-14(6-4-9,12(18)19)16-11(17)13(2)8-20-7-10(13)15/h9-10H,3-8,15H2,1-2H3,(H,16,17)(H,18,19). The zero-order valence-corrected chi connectivity index (χ0v) is 12.1. The van der Waals surface area contributed by atoms with Gasteiger partial charge in [-0.2, -0.15) is 0 Å². The van der Waals surface area contributed by atoms with Crippen molar-refractivity contribution in [2.45, 2.75) is 51.1 Å². The Morgan fingerprint density at radius 2 is 1.95 bits per heavy atom. The van der Waals surface area contributed by atoms with E-state index < -0.39 is 23.0 Å². The van der Waals surface area contributed by atoms with Crippen LogP contribution in [0.25, 0.3) is 0 Å². The number of hydrogen-bond acceptors (Lipinski definition) is 4. The predicted octanol–water partition coefficient (Wildman–Crippen LogP) is 0.500. The molecule has 6 heteroatoms. The molecule has 0 aromatic rings. The van der Waals surface area contributed by atoms with E-state index in [1.165, 1.54) is 0 Å². The van der Waals surface area contributed by atoms with Gasteiger partial charge in [0.15, 0.2) is 0 Å². The molecule has 2 aliphatic rings. The maximum absolute atomic E-state index is 12.5. The molecule has 1 saturated carbocycles. The van der Waals surface area contributed by atoms with Crippen molar-refractivity contribution in [2.24, 2.45) is 17.1 Å². The van der Waals surface area contributed by atoms with Gasteiger partial charge in [0.25, 0.3) is 0 Å². The molecule has 2 unspecified atom stereocenters. The smallest absolute Gasteiger partial charge is 0.329 e. The third-order valence-electron chi connectivity index (χ3n) is 4.93. The molecule has 2 atom stereocenters. The number of nitrogens with one attached hydrogen (secondary N) is 1. The summed E-state index contributed by atoms with van der Waals surface area (Å²) in [6.45, 7) is 4.42. The van der Waals surface area contributed by atoms with Gasteiger partial charge in [-0.1, -0.05) is 6.92 Å². The van der Waals surface area contributed by atoms with Crippen LogP contribution in [0.5, 0.6) is 0 Å². The molecule has 0 spiro atoms. The molecule has 1 amide bonds. The van der Waals surface area contributed by atoms with E-state index in [1.807, 2.05) is 0 Å². The van der Waals surface area contributed by atoms with Crippen LogP contribution in [0.1, 0.15) is 39.5 Å². The van der Waals surface area contributed by atoms with Gasteiger partial charge in [0.2, 0.25) is 5.91 Å². The largest absolute Gasteiger partial charge is 0.480 e. The predicted molar refractivity (Wildman–Crippen MR) is 73.0 cm³/mol. The van der Waals surface area contributed by atoms with Crippen molar-refractivity contribution in [3.63, 3.8) is 0 Å². The van der Waals surface area contributed by atoms with E-state index in [0.717, 1.165) is 12.8 Å². The lowest BCUT2D eigenvalue weighted by atomic mass is 9.75. The number of aliphatic carboxylic acids is 1. The summed E-state index contributed by atoms with van der Waals surface area (Å²) in [7, 11) is 0. The van der Waals surface area contributed by atoms with Crippen LogP contribution in [0.2, 0.25) is 0 Å². The van der Waals surface area contributed by atoms with Crippen molar-refractivity contribution in [2.75, 3.05) is 13.2 Å². The number of rotatable bonds is 3. The SMILES string of the molecule is CC1CCC(NC(=O)C2(C)COCC2N)(C(=O)O)CC1. The summed E-state index contributed by atoms with van der Waals surface area (Å²) in [5.41, 5.74) is 3.94. The fraction of sp³-hybridized carbons (Fsp3) is 0.857. The summed E-state index contributed by atoms with van der Waals surface area (Å²) in [4.78, 5) is 24.1. The molecule has 2 rings (SSSR count). The number of hydrogen-bond donors (Lipinski definition) is 3. The molecule has 1 aliphatic heterocycles. The Bertz CT molecular complexity index is 404. The van der Waals surface area contributed by atoms with Crippen LogP contribution < -0.4 is 11.1 Å². The third-order valence-corrected chi connectivity index (χ3v) is 4.93. The lowest BCUT2D eigenvalue weighted by molar-refractivity contribution is -0.151. The van der Waals surface area contributed by atoms with Crippen LogP contribution in [0.3, 0.4) is 0 Å². The summed E-state index contributed by atoms with van der Waals surface area (Å²) in [5.74, 6) is -0.750. The minimum atomic E-state index is -1.14. The van der Waals surface area contributed by atoms with Crippen molar-refractivity contribution in [3.8, 4) is 0 Å². The number of ether oxygens (including phenoxy) is 1. The fourth-order valence-corrected chi connectivity index (χ4v) is 2.93. The maximum Gasteiger partial charge on any atom is 0.329 e. The highest BCUT2D eigenvalue weighted by atomic mass is 16.5. The topological polar surface area (TPSA) is 102 Å². The van der Waals surface area contributed by atoms with E-state index >= 15 is 0 Å². The van der Waals surface area contributed by atoms with Crippen molar-refractivity contribution >= 4 is 11.9 Å². The van der Waals surface area contributed by atoms with Gasteiger partial charge >= 0.3 is 5.97 Å². The van der Waals surface area contributed by atoms with E-state index in [2.05, 4.69) is 12.2 Å². The van der Waals surface area contributed by atoms with Crippen LogP contribution in [0, 0.1) is 11.3 Å². The molecule has 0 aromatic heterocycles. The molecular formula is C14H24N2O4. The number of carbonyl (C=O) groups is 2. The minimum absolute atomic E-state index is 0.242. The van der Waals surface area contributed by atoms with Gasteiger partial charge in [-0.05, 0) is 38.5 Å². The zero-order chi connectivity index (χ0) is 15.0. The van der Waals surface area contributed by atoms with Crippen molar-refractivity contribution in [1.82, 2.24) is 5.32 Å². The van der Waals surface area contributed by atoms with Crippen LogP contribution in [-0.4, -0.2) is 41.8 Å². The first-order valence-electron chi connectivity index (χ1n) is 7.19. The second-order valence-electron chi connectivity index (χ2n) is 6.56. The van der Waals surface area contributed by atoms with Gasteiger partial charge in [-0.3, -0.25) is 4.79 Å². The van der Waals surface area contributed by atoms with Crippen LogP contribution in [0.15, 0.2) is 0 Å². The molecular weight excluding hydrogens is 260 g/mol. The Morgan fingerprint density at radius 3 is 2.40 bits per heavy atom. The second-order valence-corrected chi connectivity index (χ2v) is 6.56. The van der Waals surface area contributed by atoms with E-state index in [0.29, 0.717) is 25.4 Å². The number of nitrogens with two attached hydrogens (primary N) is 1. The number of carboxylic acid groups (broad SMARTS) is 1. The Labute approximate surface area is 119 Å². The molecule has 0 aromatic carbocycles. The normalized spacial score (nSPS) is 41.4. The van der Waals surface area contributed by atoms with Crippen LogP contribution in [-0.2, 0) is 14.3 Å². The molecule has 1 aliphatic carbocycles. The fourth-order valence-electron chi connectivity index (χ4n) is 2.93. The molecule has 20 heavy (non-hydrogen) atoms. The Morgan fingerprint density at radius 1 is 1.35 bits per heavy atom. The molecule has 4 N–H and O–H groups in total.